The molecule has 2 amide bonds. The van der Waals surface area contributed by atoms with Crippen LogP contribution in [0.2, 0.25) is 0 Å². The molecular formula is C34H50N2O11. The molecule has 0 aromatic carbocycles. The van der Waals surface area contributed by atoms with E-state index in [4.69, 9.17) is 4.74 Å². The number of carbonyl (C=O) groups is 6. The Morgan fingerprint density at radius 2 is 1.68 bits per heavy atom. The Bertz CT molecular complexity index is 1330. The first-order chi connectivity index (χ1) is 21.9. The first-order valence-corrected chi connectivity index (χ1v) is 16.7. The first-order valence-electron chi connectivity index (χ1n) is 16.7. The number of carboxylic acids is 1. The van der Waals surface area contributed by atoms with Gasteiger partial charge in [-0.25, -0.2) is 4.79 Å². The second-order valence-corrected chi connectivity index (χ2v) is 14.9. The molecule has 13 heteroatoms. The Morgan fingerprint density at radius 3 is 2.30 bits per heavy atom. The summed E-state index contributed by atoms with van der Waals surface area (Å²) >= 11 is 0. The molecule has 0 saturated heterocycles. The highest BCUT2D eigenvalue weighted by molar-refractivity contribution is 5.93. The largest absolute Gasteiger partial charge is 0.480 e. The molecule has 0 heterocycles. The van der Waals surface area contributed by atoms with E-state index in [0.717, 1.165) is 18.4 Å². The molecule has 262 valence electrons. The summed E-state index contributed by atoms with van der Waals surface area (Å²) < 4.78 is 5.19. The predicted molar refractivity (Wildman–Crippen MR) is 166 cm³/mol. The second kappa shape index (κ2) is 13.8. The van der Waals surface area contributed by atoms with E-state index in [0.29, 0.717) is 19.3 Å². The van der Waals surface area contributed by atoms with Gasteiger partial charge in [0.1, 0.15) is 11.6 Å². The Morgan fingerprint density at radius 1 is 1.00 bits per heavy atom. The van der Waals surface area contributed by atoms with Crippen molar-refractivity contribution in [1.29, 1.82) is 0 Å². The minimum Gasteiger partial charge on any atom is -0.480 e. The Kier molecular flexibility index (Phi) is 10.7. The molecule has 0 radical (unpaired) electrons. The normalized spacial score (nSPS) is 34.9. The maximum Gasteiger partial charge on any atom is 0.328 e. The summed E-state index contributed by atoms with van der Waals surface area (Å²) in [5.74, 6) is -4.79. The van der Waals surface area contributed by atoms with Gasteiger partial charge in [0, 0.05) is 18.3 Å². The lowest BCUT2D eigenvalue weighted by Gasteiger charge is -2.60. The lowest BCUT2D eigenvalue weighted by molar-refractivity contribution is -0.184. The van der Waals surface area contributed by atoms with E-state index < -0.39 is 83.8 Å². The number of amides is 2. The molecule has 47 heavy (non-hydrogen) atoms. The van der Waals surface area contributed by atoms with Crippen LogP contribution in [0.5, 0.6) is 0 Å². The summed E-state index contributed by atoms with van der Waals surface area (Å²) in [7, 11) is 0. The summed E-state index contributed by atoms with van der Waals surface area (Å²) in [6, 6.07) is -2.70. The number of nitrogens with one attached hydrogen (secondary N) is 2. The van der Waals surface area contributed by atoms with Crippen molar-refractivity contribution in [3.8, 4) is 0 Å². The molecule has 4 aliphatic carbocycles. The number of allylic oxidation sites excluding steroid dienone is 1. The van der Waals surface area contributed by atoms with Gasteiger partial charge < -0.3 is 35.8 Å². The van der Waals surface area contributed by atoms with Gasteiger partial charge in [-0.1, -0.05) is 33.3 Å². The Balaban J connectivity index is 1.32. The minimum atomic E-state index is -1.81. The lowest BCUT2D eigenvalue weighted by Crippen LogP contribution is -2.62. The van der Waals surface area contributed by atoms with Crippen molar-refractivity contribution in [1.82, 2.24) is 10.6 Å². The molecule has 4 aliphatic rings. The van der Waals surface area contributed by atoms with Crippen LogP contribution in [0.25, 0.3) is 0 Å². The van der Waals surface area contributed by atoms with Crippen LogP contribution in [-0.2, 0) is 33.5 Å². The van der Waals surface area contributed by atoms with Crippen molar-refractivity contribution < 1.29 is 53.9 Å². The lowest BCUT2D eigenvalue weighted by atomic mass is 9.45. The number of hydrogen-bond acceptors (Lipinski definition) is 10. The van der Waals surface area contributed by atoms with Crippen LogP contribution in [0.1, 0.15) is 92.4 Å². The number of aliphatic hydroxyl groups excluding tert-OH is 2. The molecule has 3 saturated carbocycles. The first kappa shape index (κ1) is 36.7. The number of fused-ring (bicyclic) bond motifs is 5. The predicted octanol–water partition coefficient (Wildman–Crippen LogP) is 1.20. The minimum absolute atomic E-state index is 0.0299. The van der Waals surface area contributed by atoms with Gasteiger partial charge >= 0.3 is 11.9 Å². The standard InChI is InChI=1S/C34H50N2O11/c1-17(2)28(30(43)36-29(18(3)37)31(44)45)35-25(41)8-9-26(42)47-16-24(40)34(46)13-11-22-21-7-6-19-14-20(38)10-12-32(19,4)27(21)23(39)15-33(22,34)5/h14,17-18,21-23,27-29,37,39,46H,6-13,15-16H2,1-5H3,(H,35,41)(H,36,43)(H,44,45)/t18-,21+,22+,23+,27-,28+,29-,32+,33+,34+/m1/s1. The van der Waals surface area contributed by atoms with Gasteiger partial charge in [0.05, 0.1) is 18.6 Å². The Hall–Kier alpha value is -3.16. The molecule has 3 fully saturated rings. The molecule has 0 aromatic heterocycles. The summed E-state index contributed by atoms with van der Waals surface area (Å²) in [6.07, 6.45) is 2.42. The molecule has 0 aromatic rings. The third kappa shape index (κ3) is 6.89. The van der Waals surface area contributed by atoms with E-state index in [1.54, 1.807) is 19.9 Å². The number of ketones is 2. The zero-order chi connectivity index (χ0) is 35.1. The van der Waals surface area contributed by atoms with Gasteiger partial charge in [-0.15, -0.1) is 0 Å². The summed E-state index contributed by atoms with van der Waals surface area (Å²) in [5.41, 5.74) is -1.95. The zero-order valence-corrected chi connectivity index (χ0v) is 27.9. The summed E-state index contributed by atoms with van der Waals surface area (Å²) in [6.45, 7) is 7.75. The van der Waals surface area contributed by atoms with Crippen LogP contribution in [0, 0.1) is 34.5 Å². The number of hydrogen-bond donors (Lipinski definition) is 6. The SMILES string of the molecule is CC(C)[C@H](NC(=O)CCC(=O)OCC(=O)[C@@]1(O)CC[C@H]2[C@@H]3CCC4=CC(=O)CC[C@]4(C)[C@H]3[C@@H](O)C[C@@]21C)C(=O)N[C@@H](C(=O)O)[C@@H](C)O. The highest BCUT2D eigenvalue weighted by Crippen LogP contribution is 2.67. The van der Waals surface area contributed by atoms with Crippen LogP contribution in [0.4, 0.5) is 0 Å². The number of Topliss-reactive ketones (excluding diaryl/α,β-unsaturated/α-hetero) is 1. The highest BCUT2D eigenvalue weighted by Gasteiger charge is 2.68. The van der Waals surface area contributed by atoms with Gasteiger partial charge in [0.15, 0.2) is 18.4 Å². The maximum absolute atomic E-state index is 13.5. The molecule has 0 spiro atoms. The van der Waals surface area contributed by atoms with Crippen LogP contribution in [0.15, 0.2) is 11.6 Å². The Labute approximate surface area is 274 Å². The van der Waals surface area contributed by atoms with E-state index >= 15 is 0 Å². The van der Waals surface area contributed by atoms with Crippen molar-refractivity contribution in [2.24, 2.45) is 34.5 Å². The molecule has 10 atom stereocenters. The molecular weight excluding hydrogens is 612 g/mol. The third-order valence-electron chi connectivity index (χ3n) is 11.7. The van der Waals surface area contributed by atoms with Crippen LogP contribution in [-0.4, -0.2) is 92.2 Å². The molecule has 4 rings (SSSR count). The fourth-order valence-electron chi connectivity index (χ4n) is 9.12. The molecule has 0 bridgehead atoms. The van der Waals surface area contributed by atoms with Gasteiger partial charge in [0.2, 0.25) is 17.6 Å². The molecule has 6 N–H and O–H groups in total. The summed E-state index contributed by atoms with van der Waals surface area (Å²) in [4.78, 5) is 74.7. The average Bonchev–Trinajstić information content (AvgIpc) is 3.26. The van der Waals surface area contributed by atoms with Gasteiger partial charge in [-0.2, -0.15) is 0 Å². The average molecular weight is 663 g/mol. The quantitative estimate of drug-likeness (QED) is 0.163. The van der Waals surface area contributed by atoms with E-state index in [-0.39, 0.29) is 48.2 Å². The van der Waals surface area contributed by atoms with E-state index in [9.17, 15) is 49.2 Å². The van der Waals surface area contributed by atoms with E-state index in [1.807, 2.05) is 6.92 Å². The smallest absolute Gasteiger partial charge is 0.328 e. The fourth-order valence-corrected chi connectivity index (χ4v) is 9.12. The van der Waals surface area contributed by atoms with Crippen molar-refractivity contribution in [3.63, 3.8) is 0 Å². The number of ether oxygens (including phenoxy) is 1. The molecule has 0 unspecified atom stereocenters. The fraction of sp³-hybridized carbons (Fsp3) is 0.765. The summed E-state index contributed by atoms with van der Waals surface area (Å²) in [5, 5.41) is 46.9. The second-order valence-electron chi connectivity index (χ2n) is 14.9. The highest BCUT2D eigenvalue weighted by atomic mass is 16.5. The van der Waals surface area contributed by atoms with Crippen LogP contribution < -0.4 is 10.6 Å². The van der Waals surface area contributed by atoms with E-state index in [2.05, 4.69) is 17.6 Å². The molecule has 13 nitrogen and oxygen atoms in total. The van der Waals surface area contributed by atoms with E-state index in [1.165, 1.54) is 6.92 Å². The van der Waals surface area contributed by atoms with Crippen molar-refractivity contribution in [2.75, 3.05) is 6.61 Å². The number of aliphatic carboxylic acids is 1. The topological polar surface area (TPSA) is 217 Å². The van der Waals surface area contributed by atoms with Gasteiger partial charge in [-0.05, 0) is 80.6 Å². The third-order valence-corrected chi connectivity index (χ3v) is 11.7. The number of carbonyl (C=O) groups excluding carboxylic acids is 5. The van der Waals surface area contributed by atoms with Crippen molar-refractivity contribution in [3.05, 3.63) is 11.6 Å². The van der Waals surface area contributed by atoms with Crippen molar-refractivity contribution in [2.45, 2.75) is 122 Å². The van der Waals surface area contributed by atoms with Crippen LogP contribution >= 0.6 is 0 Å². The zero-order valence-electron chi connectivity index (χ0n) is 27.9. The number of carboxylic acid groups (broad SMARTS) is 1. The molecule has 0 aliphatic heterocycles. The number of esters is 1. The number of rotatable bonds is 12. The van der Waals surface area contributed by atoms with Gasteiger partial charge in [-0.3, -0.25) is 24.0 Å². The van der Waals surface area contributed by atoms with Gasteiger partial charge in [0.25, 0.3) is 0 Å². The number of aliphatic hydroxyl groups is 3. The monoisotopic (exact) mass is 662 g/mol. The van der Waals surface area contributed by atoms with Crippen LogP contribution in [0.3, 0.4) is 0 Å². The maximum atomic E-state index is 13.5. The van der Waals surface area contributed by atoms with Crippen molar-refractivity contribution >= 4 is 35.3 Å².